The van der Waals surface area contributed by atoms with E-state index in [0.717, 1.165) is 20.5 Å². The van der Waals surface area contributed by atoms with Crippen molar-refractivity contribution in [1.29, 1.82) is 0 Å². The summed E-state index contributed by atoms with van der Waals surface area (Å²) in [4.78, 5) is 26.8. The molecular weight excluding hydrogens is 459 g/mol. The van der Waals surface area contributed by atoms with E-state index in [0.29, 0.717) is 11.5 Å². The number of rotatable bonds is 3. The lowest BCUT2D eigenvalue weighted by molar-refractivity contribution is -0.124. The van der Waals surface area contributed by atoms with Gasteiger partial charge in [0, 0.05) is 27.8 Å². The van der Waals surface area contributed by atoms with Crippen molar-refractivity contribution in [1.82, 2.24) is 4.90 Å². The lowest BCUT2D eigenvalue weighted by Gasteiger charge is -2.26. The highest BCUT2D eigenvalue weighted by molar-refractivity contribution is 14.1. The highest BCUT2D eigenvalue weighted by Gasteiger charge is 2.25. The molecule has 6 heteroatoms. The van der Waals surface area contributed by atoms with Crippen LogP contribution in [0.2, 0.25) is 0 Å². The smallest absolute Gasteiger partial charge is 0.236 e. The largest absolute Gasteiger partial charge is 0.326 e. The van der Waals surface area contributed by atoms with Gasteiger partial charge in [0.25, 0.3) is 0 Å². The topological polar surface area (TPSA) is 49.4 Å². The van der Waals surface area contributed by atoms with Gasteiger partial charge in [-0.05, 0) is 58.5 Å². The normalized spacial score (nSPS) is 19.9. The molecule has 1 N–H and O–H groups in total. The molecule has 1 unspecified atom stereocenters. The van der Waals surface area contributed by atoms with Gasteiger partial charge in [-0.3, -0.25) is 9.59 Å². The highest BCUT2D eigenvalue weighted by atomic mass is 127. The second kappa shape index (κ2) is 8.73. The number of thioether (sulfide) groups is 1. The first-order chi connectivity index (χ1) is 12.5. The second-order valence-electron chi connectivity index (χ2n) is 5.99. The van der Waals surface area contributed by atoms with Crippen LogP contribution in [0.4, 0.5) is 5.69 Å². The average molecular weight is 478 g/mol. The van der Waals surface area contributed by atoms with Gasteiger partial charge in [0.05, 0.1) is 11.7 Å². The minimum Gasteiger partial charge on any atom is -0.326 e. The van der Waals surface area contributed by atoms with Gasteiger partial charge in [-0.25, -0.2) is 0 Å². The molecule has 2 amide bonds. The van der Waals surface area contributed by atoms with E-state index >= 15 is 0 Å². The van der Waals surface area contributed by atoms with Crippen molar-refractivity contribution in [2.45, 2.75) is 0 Å². The van der Waals surface area contributed by atoms with E-state index in [1.807, 2.05) is 60.7 Å². The van der Waals surface area contributed by atoms with Gasteiger partial charge in [-0.15, -0.1) is 0 Å². The van der Waals surface area contributed by atoms with Crippen LogP contribution in [-0.2, 0) is 9.59 Å². The number of hydrogen-bond acceptors (Lipinski definition) is 3. The van der Waals surface area contributed by atoms with Gasteiger partial charge in [-0.2, -0.15) is 11.8 Å². The van der Waals surface area contributed by atoms with Crippen LogP contribution in [0, 0.1) is 9.49 Å². The lowest BCUT2D eigenvalue weighted by atomic mass is 10.0. The second-order valence-corrected chi connectivity index (χ2v) is 8.26. The summed E-state index contributed by atoms with van der Waals surface area (Å²) in [5.41, 5.74) is 2.49. The maximum absolute atomic E-state index is 12.8. The van der Waals surface area contributed by atoms with Crippen molar-refractivity contribution >= 4 is 57.6 Å². The van der Waals surface area contributed by atoms with Gasteiger partial charge < -0.3 is 10.2 Å². The number of nitrogens with zero attached hydrogens (tertiary/aromatic N) is 1. The third kappa shape index (κ3) is 4.67. The summed E-state index contributed by atoms with van der Waals surface area (Å²) < 4.78 is 1.12. The predicted octanol–water partition coefficient (Wildman–Crippen LogP) is 4.09. The number of carbonyl (C=O) groups excluding carboxylic acids is 2. The van der Waals surface area contributed by atoms with Gasteiger partial charge in [0.1, 0.15) is 0 Å². The Bertz CT molecular complexity index is 821. The third-order valence-electron chi connectivity index (χ3n) is 4.14. The molecule has 1 aliphatic heterocycles. The summed E-state index contributed by atoms with van der Waals surface area (Å²) >= 11 is 3.72. The maximum atomic E-state index is 12.8. The fourth-order valence-corrected chi connectivity index (χ4v) is 4.02. The average Bonchev–Trinajstić information content (AvgIpc) is 2.65. The molecule has 0 saturated carbocycles. The molecule has 4 nitrogen and oxygen atoms in total. The summed E-state index contributed by atoms with van der Waals surface area (Å²) in [6, 6.07) is 17.4. The Morgan fingerprint density at radius 1 is 1.15 bits per heavy atom. The molecule has 134 valence electrons. The van der Waals surface area contributed by atoms with E-state index in [-0.39, 0.29) is 17.7 Å². The number of anilines is 1. The monoisotopic (exact) mass is 478 g/mol. The molecule has 0 bridgehead atoms. The molecule has 1 heterocycles. The molecule has 2 aromatic carbocycles. The molecule has 26 heavy (non-hydrogen) atoms. The maximum Gasteiger partial charge on any atom is 0.236 e. The van der Waals surface area contributed by atoms with Gasteiger partial charge in [0.15, 0.2) is 0 Å². The summed E-state index contributed by atoms with van der Waals surface area (Å²) in [5.74, 6) is 0.613. The number of benzene rings is 2. The lowest BCUT2D eigenvalue weighted by Crippen LogP contribution is -2.32. The minimum absolute atomic E-state index is 0.0431. The molecule has 3 rings (SSSR count). The fourth-order valence-electron chi connectivity index (χ4n) is 2.67. The zero-order valence-electron chi connectivity index (χ0n) is 14.3. The zero-order chi connectivity index (χ0) is 18.5. The summed E-state index contributed by atoms with van der Waals surface area (Å²) in [5, 5.41) is 2.98. The molecule has 0 aromatic heterocycles. The highest BCUT2D eigenvalue weighted by Crippen LogP contribution is 2.26. The van der Waals surface area contributed by atoms with Crippen molar-refractivity contribution < 1.29 is 9.59 Å². The Hall–Kier alpha value is -1.80. The van der Waals surface area contributed by atoms with Crippen LogP contribution < -0.4 is 5.32 Å². The molecule has 0 radical (unpaired) electrons. The molecule has 0 spiro atoms. The van der Waals surface area contributed by atoms with Gasteiger partial charge >= 0.3 is 0 Å². The van der Waals surface area contributed by atoms with Crippen molar-refractivity contribution in [3.63, 3.8) is 0 Å². The van der Waals surface area contributed by atoms with Crippen molar-refractivity contribution in [3.05, 3.63) is 69.8 Å². The SMILES string of the molecule is CN1C(=O)CSCC(C(=O)Nc2ccc(I)cc2)/C=C\1c1ccccc1. The Labute approximate surface area is 171 Å². The van der Waals surface area contributed by atoms with Crippen molar-refractivity contribution in [2.75, 3.05) is 23.9 Å². The first-order valence-corrected chi connectivity index (χ1v) is 10.5. The minimum atomic E-state index is -0.315. The van der Waals surface area contributed by atoms with Crippen molar-refractivity contribution in [2.24, 2.45) is 5.92 Å². The predicted molar refractivity (Wildman–Crippen MR) is 116 cm³/mol. The first-order valence-electron chi connectivity index (χ1n) is 8.22. The van der Waals surface area contributed by atoms with E-state index < -0.39 is 0 Å². The van der Waals surface area contributed by atoms with E-state index in [2.05, 4.69) is 27.9 Å². The zero-order valence-corrected chi connectivity index (χ0v) is 17.3. The van der Waals surface area contributed by atoms with E-state index in [4.69, 9.17) is 0 Å². The van der Waals surface area contributed by atoms with Crippen molar-refractivity contribution in [3.8, 4) is 0 Å². The van der Waals surface area contributed by atoms with Gasteiger partial charge in [-0.1, -0.05) is 30.3 Å². The van der Waals surface area contributed by atoms with Crippen LogP contribution in [0.25, 0.3) is 5.70 Å². The summed E-state index contributed by atoms with van der Waals surface area (Å²) in [6.07, 6.45) is 1.90. The molecule has 0 fully saturated rings. The Kier molecular flexibility index (Phi) is 6.37. The van der Waals surface area contributed by atoms with Crippen LogP contribution >= 0.6 is 34.4 Å². The number of hydrogen-bond donors (Lipinski definition) is 1. The standard InChI is InChI=1S/C20H19IN2O2S/c1-23-18(14-5-3-2-4-6-14)11-15(12-26-13-19(23)24)20(25)22-17-9-7-16(21)8-10-17/h2-11,15H,12-13H2,1H3,(H,22,25)/b18-11-. The molecule has 1 aliphatic rings. The fraction of sp³-hybridized carbons (Fsp3) is 0.200. The van der Waals surface area contributed by atoms with Crippen LogP contribution in [0.1, 0.15) is 5.56 Å². The summed E-state index contributed by atoms with van der Waals surface area (Å²) in [7, 11) is 1.77. The van der Waals surface area contributed by atoms with E-state index in [1.54, 1.807) is 11.9 Å². The molecule has 2 aromatic rings. The number of amides is 2. The Morgan fingerprint density at radius 2 is 1.85 bits per heavy atom. The molecule has 0 saturated heterocycles. The molecule has 1 atom stereocenters. The van der Waals surface area contributed by atoms with Crippen LogP contribution in [0.5, 0.6) is 0 Å². The van der Waals surface area contributed by atoms with Crippen LogP contribution in [0.15, 0.2) is 60.7 Å². The Morgan fingerprint density at radius 3 is 2.54 bits per heavy atom. The number of nitrogens with one attached hydrogen (secondary N) is 1. The summed E-state index contributed by atoms with van der Waals surface area (Å²) in [6.45, 7) is 0. The first kappa shape index (κ1) is 19.0. The van der Waals surface area contributed by atoms with Gasteiger partial charge in [0.2, 0.25) is 11.8 Å². The number of carbonyl (C=O) groups is 2. The molecular formula is C20H19IN2O2S. The third-order valence-corrected chi connectivity index (χ3v) is 5.90. The quantitative estimate of drug-likeness (QED) is 0.677. The molecule has 0 aliphatic carbocycles. The van der Waals surface area contributed by atoms with E-state index in [9.17, 15) is 9.59 Å². The number of halogens is 1. The van der Waals surface area contributed by atoms with E-state index in [1.165, 1.54) is 11.8 Å². The van der Waals surface area contributed by atoms with Crippen LogP contribution in [0.3, 0.4) is 0 Å². The van der Waals surface area contributed by atoms with Crippen LogP contribution in [-0.4, -0.2) is 35.3 Å². The Balaban J connectivity index is 1.88.